The number of hydrogen-bond donors (Lipinski definition) is 2. The van der Waals surface area contributed by atoms with Crippen LogP contribution in [0.3, 0.4) is 0 Å². The Labute approximate surface area is 109 Å². The van der Waals surface area contributed by atoms with Crippen LogP contribution in [0.2, 0.25) is 0 Å². The van der Waals surface area contributed by atoms with Crippen LogP contribution < -0.4 is 5.09 Å². The average Bonchev–Trinajstić information content (AvgIpc) is 2.58. The van der Waals surface area contributed by atoms with Gasteiger partial charge in [-0.1, -0.05) is 23.2 Å². The summed E-state index contributed by atoms with van der Waals surface area (Å²) in [5, 5.41) is 12.6. The first-order valence-corrected chi connectivity index (χ1v) is 6.46. The second kappa shape index (κ2) is 5.51. The molecule has 18 heavy (non-hydrogen) atoms. The number of aliphatic hydroxyl groups is 1. The van der Waals surface area contributed by atoms with Gasteiger partial charge in [-0.25, -0.2) is 9.69 Å². The smallest absolute Gasteiger partial charge is 0.417 e. The number of amides is 2. The molecular formula is C11H21N2O4P. The van der Waals surface area contributed by atoms with E-state index in [0.717, 1.165) is 4.90 Å². The Hall–Kier alpha value is -0.710. The van der Waals surface area contributed by atoms with Gasteiger partial charge in [0.2, 0.25) is 0 Å². The van der Waals surface area contributed by atoms with E-state index in [2.05, 4.69) is 14.5 Å². The molecule has 0 aromatic heterocycles. The summed E-state index contributed by atoms with van der Waals surface area (Å²) in [6.07, 6.45) is -0.645. The number of nitrogens with zero attached hydrogens (tertiary/aromatic N) is 1. The molecule has 1 aliphatic rings. The minimum atomic E-state index is -1.27. The summed E-state index contributed by atoms with van der Waals surface area (Å²) < 4.78 is 4.92. The van der Waals surface area contributed by atoms with E-state index in [1.807, 2.05) is 13.8 Å². The molecule has 1 fully saturated rings. The van der Waals surface area contributed by atoms with E-state index in [0.29, 0.717) is 0 Å². The maximum atomic E-state index is 12.3. The van der Waals surface area contributed by atoms with Gasteiger partial charge in [0.15, 0.2) is 0 Å². The number of imide groups is 1. The fraction of sp³-hybridized carbons (Fsp3) is 0.818. The van der Waals surface area contributed by atoms with Crippen molar-refractivity contribution in [3.05, 3.63) is 0 Å². The largest absolute Gasteiger partial charge is 0.447 e. The molecule has 3 atom stereocenters. The zero-order valence-corrected chi connectivity index (χ0v) is 12.3. The van der Waals surface area contributed by atoms with Crippen molar-refractivity contribution in [3.8, 4) is 0 Å². The molecule has 0 aromatic carbocycles. The van der Waals surface area contributed by atoms with Crippen LogP contribution >= 0.6 is 9.39 Å². The molecule has 6 nitrogen and oxygen atoms in total. The predicted molar refractivity (Wildman–Crippen MR) is 69.8 cm³/mol. The minimum absolute atomic E-state index is 0.104. The Bertz CT molecular complexity index is 340. The lowest BCUT2D eigenvalue weighted by Gasteiger charge is -2.32. The molecule has 1 aliphatic heterocycles. The van der Waals surface area contributed by atoms with Gasteiger partial charge in [-0.2, -0.15) is 0 Å². The Morgan fingerprint density at radius 1 is 1.61 bits per heavy atom. The van der Waals surface area contributed by atoms with E-state index in [1.165, 1.54) is 13.8 Å². The molecule has 1 heterocycles. The highest BCUT2D eigenvalue weighted by molar-refractivity contribution is 7.13. The van der Waals surface area contributed by atoms with Gasteiger partial charge in [0.25, 0.3) is 5.91 Å². The number of nitrogens with one attached hydrogen (secondary N) is 1. The van der Waals surface area contributed by atoms with Crippen molar-refractivity contribution in [1.29, 1.82) is 0 Å². The van der Waals surface area contributed by atoms with Gasteiger partial charge < -0.3 is 9.84 Å². The van der Waals surface area contributed by atoms with Crippen LogP contribution in [-0.4, -0.2) is 46.3 Å². The van der Waals surface area contributed by atoms with Gasteiger partial charge in [0, 0.05) is 0 Å². The lowest BCUT2D eigenvalue weighted by molar-refractivity contribution is -0.136. The first-order valence-electron chi connectivity index (χ1n) is 5.88. The van der Waals surface area contributed by atoms with E-state index < -0.39 is 23.6 Å². The highest BCUT2D eigenvalue weighted by Crippen LogP contribution is 2.23. The molecule has 0 radical (unpaired) electrons. The average molecular weight is 276 g/mol. The zero-order valence-electron chi connectivity index (χ0n) is 11.1. The monoisotopic (exact) mass is 276 g/mol. The fourth-order valence-corrected chi connectivity index (χ4v) is 2.45. The third kappa shape index (κ3) is 2.99. The molecule has 2 N–H and O–H groups in total. The number of carbonyl (C=O) groups is 2. The van der Waals surface area contributed by atoms with Crippen LogP contribution in [0.4, 0.5) is 4.79 Å². The summed E-state index contributed by atoms with van der Waals surface area (Å²) in [6.45, 7) is 7.06. The first kappa shape index (κ1) is 15.3. The van der Waals surface area contributed by atoms with E-state index >= 15 is 0 Å². The molecule has 0 bridgehead atoms. The number of rotatable bonds is 4. The molecule has 2 amide bonds. The van der Waals surface area contributed by atoms with Crippen molar-refractivity contribution in [1.82, 2.24) is 9.99 Å². The molecular weight excluding hydrogens is 255 g/mol. The summed E-state index contributed by atoms with van der Waals surface area (Å²) in [6, 6.07) is -1.16. The molecule has 1 rings (SSSR count). The van der Waals surface area contributed by atoms with Crippen LogP contribution in [0.5, 0.6) is 0 Å². The Morgan fingerprint density at radius 2 is 2.17 bits per heavy atom. The number of hydrogen-bond acceptors (Lipinski definition) is 5. The van der Waals surface area contributed by atoms with Crippen LogP contribution in [-0.2, 0) is 9.53 Å². The lowest BCUT2D eigenvalue weighted by atomic mass is 9.96. The molecule has 0 saturated carbocycles. The van der Waals surface area contributed by atoms with Gasteiger partial charge in [-0.3, -0.25) is 9.88 Å². The number of ether oxygens (including phenoxy) is 1. The van der Waals surface area contributed by atoms with Crippen molar-refractivity contribution in [2.24, 2.45) is 5.92 Å². The quantitative estimate of drug-likeness (QED) is 0.731. The zero-order chi connectivity index (χ0) is 14.1. The second-order valence-electron chi connectivity index (χ2n) is 5.35. The highest BCUT2D eigenvalue weighted by atomic mass is 31.0. The maximum absolute atomic E-state index is 12.3. The maximum Gasteiger partial charge on any atom is 0.417 e. The van der Waals surface area contributed by atoms with Crippen molar-refractivity contribution in [2.75, 3.05) is 6.61 Å². The first-order chi connectivity index (χ1) is 8.20. The summed E-state index contributed by atoms with van der Waals surface area (Å²) in [5.41, 5.74) is -1.27. The van der Waals surface area contributed by atoms with Crippen LogP contribution in [0.15, 0.2) is 0 Å². The molecule has 1 saturated heterocycles. The number of cyclic esters (lactones) is 1. The minimum Gasteiger partial charge on any atom is -0.447 e. The molecule has 7 heteroatoms. The second-order valence-corrected chi connectivity index (χ2v) is 5.68. The Morgan fingerprint density at radius 3 is 2.56 bits per heavy atom. The summed E-state index contributed by atoms with van der Waals surface area (Å²) in [4.78, 5) is 25.1. The topological polar surface area (TPSA) is 78.9 Å². The van der Waals surface area contributed by atoms with Gasteiger partial charge >= 0.3 is 6.09 Å². The molecule has 0 spiro atoms. The lowest BCUT2D eigenvalue weighted by Crippen LogP contribution is -2.57. The van der Waals surface area contributed by atoms with Crippen molar-refractivity contribution >= 4 is 21.4 Å². The van der Waals surface area contributed by atoms with Crippen molar-refractivity contribution < 1.29 is 19.4 Å². The van der Waals surface area contributed by atoms with Crippen LogP contribution in [0, 0.1) is 5.92 Å². The van der Waals surface area contributed by atoms with Crippen LogP contribution in [0.25, 0.3) is 0 Å². The van der Waals surface area contributed by atoms with Gasteiger partial charge in [-0.05, 0) is 19.8 Å². The summed E-state index contributed by atoms with van der Waals surface area (Å²) >= 11 is 0. The molecule has 0 aliphatic carbocycles. The summed E-state index contributed by atoms with van der Waals surface area (Å²) in [7, 11) is 2.19. The normalized spacial score (nSPS) is 22.3. The SMILES string of the molecule is CC(C)[C@H]1COC(=O)N1C(=O)[C@@H](NP)C(C)(C)O. The van der Waals surface area contributed by atoms with Gasteiger partial charge in [0.05, 0.1) is 11.6 Å². The van der Waals surface area contributed by atoms with E-state index in [1.54, 1.807) is 0 Å². The van der Waals surface area contributed by atoms with E-state index in [-0.39, 0.29) is 18.6 Å². The van der Waals surface area contributed by atoms with E-state index in [4.69, 9.17) is 4.74 Å². The van der Waals surface area contributed by atoms with Crippen molar-refractivity contribution in [3.63, 3.8) is 0 Å². The van der Waals surface area contributed by atoms with Gasteiger partial charge in [0.1, 0.15) is 12.6 Å². The molecule has 0 aromatic rings. The molecule has 104 valence electrons. The van der Waals surface area contributed by atoms with Crippen LogP contribution in [0.1, 0.15) is 27.7 Å². The third-order valence-electron chi connectivity index (χ3n) is 3.03. The molecule has 1 unspecified atom stereocenters. The van der Waals surface area contributed by atoms with Crippen molar-refractivity contribution in [2.45, 2.75) is 45.4 Å². The summed E-state index contributed by atoms with van der Waals surface area (Å²) in [5.74, 6) is -0.369. The number of carbonyl (C=O) groups excluding carboxylic acids is 2. The predicted octanol–water partition coefficient (Wildman–Crippen LogP) is 0.509. The fourth-order valence-electron chi connectivity index (χ4n) is 1.90. The Balaban J connectivity index is 2.96. The standard InChI is InChI=1S/C11H21N2O4P/c1-6(2)7-5-17-10(15)13(7)9(14)8(12-18)11(3,4)16/h6-8,12,16H,5,18H2,1-4H3/t7-,8-/m1/s1. The third-order valence-corrected chi connectivity index (χ3v) is 3.37. The van der Waals surface area contributed by atoms with Gasteiger partial charge in [-0.15, -0.1) is 0 Å². The Kier molecular flexibility index (Phi) is 4.70. The highest BCUT2D eigenvalue weighted by Gasteiger charge is 2.45. The van der Waals surface area contributed by atoms with E-state index in [9.17, 15) is 14.7 Å².